The maximum atomic E-state index is 10.5. The average Bonchev–Trinajstić information content (AvgIpc) is 2.66. The number of anilines is 1. The first-order valence-electron chi connectivity index (χ1n) is 4.70. The first kappa shape index (κ1) is 11.6. The second-order valence-corrected chi connectivity index (χ2v) is 5.62. The number of rotatable bonds is 2. The molecule has 0 saturated carbocycles. The van der Waals surface area contributed by atoms with Crippen LogP contribution in [0.25, 0.3) is 0 Å². The summed E-state index contributed by atoms with van der Waals surface area (Å²) in [6, 6.07) is 7.54. The number of hydrogen-bond donors (Lipinski definition) is 2. The van der Waals surface area contributed by atoms with Gasteiger partial charge >= 0.3 is 0 Å². The summed E-state index contributed by atoms with van der Waals surface area (Å²) < 4.78 is 0.982. The molecule has 1 aromatic heterocycles. The molecular formula is C11H11BrN2OS. The Bertz CT molecular complexity index is 493. The van der Waals surface area contributed by atoms with E-state index in [1.807, 2.05) is 24.3 Å². The van der Waals surface area contributed by atoms with Crippen molar-refractivity contribution in [2.75, 3.05) is 5.73 Å². The topological polar surface area (TPSA) is 59.1 Å². The molecule has 0 bridgehead atoms. The van der Waals surface area contributed by atoms with Crippen LogP contribution in [0.2, 0.25) is 0 Å². The number of hydrogen-bond acceptors (Lipinski definition) is 4. The van der Waals surface area contributed by atoms with Gasteiger partial charge in [-0.25, -0.2) is 4.98 Å². The van der Waals surface area contributed by atoms with Gasteiger partial charge in [0.1, 0.15) is 5.60 Å². The standard InChI is InChI=1S/C11H11BrN2OS/c1-11(15,9-6-14-10(13)16-9)7-2-4-8(12)5-3-7/h2-6,15H,1H3,(H2,13,14). The van der Waals surface area contributed by atoms with Gasteiger partial charge in [0.15, 0.2) is 5.13 Å². The molecule has 0 radical (unpaired) electrons. The maximum absolute atomic E-state index is 10.5. The summed E-state index contributed by atoms with van der Waals surface area (Å²) in [5.41, 5.74) is 5.34. The fourth-order valence-corrected chi connectivity index (χ4v) is 2.45. The molecule has 2 rings (SSSR count). The molecule has 1 heterocycles. The van der Waals surface area contributed by atoms with Crippen molar-refractivity contribution < 1.29 is 5.11 Å². The third-order valence-corrected chi connectivity index (χ3v) is 3.98. The molecule has 0 aliphatic heterocycles. The van der Waals surface area contributed by atoms with Crippen molar-refractivity contribution in [1.82, 2.24) is 4.98 Å². The number of nitrogens with two attached hydrogens (primary N) is 1. The van der Waals surface area contributed by atoms with Crippen molar-refractivity contribution in [1.29, 1.82) is 0 Å². The normalized spacial score (nSPS) is 14.7. The van der Waals surface area contributed by atoms with Gasteiger partial charge in [-0.3, -0.25) is 0 Å². The molecule has 84 valence electrons. The fraction of sp³-hybridized carbons (Fsp3) is 0.182. The Labute approximate surface area is 106 Å². The molecule has 1 unspecified atom stereocenters. The number of aromatic nitrogens is 1. The zero-order valence-electron chi connectivity index (χ0n) is 8.64. The third kappa shape index (κ3) is 2.11. The van der Waals surface area contributed by atoms with E-state index in [9.17, 15) is 5.11 Å². The zero-order valence-corrected chi connectivity index (χ0v) is 11.0. The molecule has 0 aliphatic carbocycles. The molecular weight excluding hydrogens is 288 g/mol. The Kier molecular flexibility index (Phi) is 3.01. The molecule has 0 aliphatic rings. The molecule has 0 fully saturated rings. The Balaban J connectivity index is 2.42. The SMILES string of the molecule is CC(O)(c1ccc(Br)cc1)c1cnc(N)s1. The van der Waals surface area contributed by atoms with Gasteiger partial charge in [-0.15, -0.1) is 0 Å². The molecule has 0 amide bonds. The second kappa shape index (κ2) is 4.16. The minimum Gasteiger partial charge on any atom is -0.380 e. The van der Waals surface area contributed by atoms with Crippen LogP contribution >= 0.6 is 27.3 Å². The van der Waals surface area contributed by atoms with Crippen molar-refractivity contribution >= 4 is 32.4 Å². The lowest BCUT2D eigenvalue weighted by molar-refractivity contribution is 0.106. The van der Waals surface area contributed by atoms with Crippen molar-refractivity contribution in [2.24, 2.45) is 0 Å². The first-order valence-corrected chi connectivity index (χ1v) is 6.31. The first-order chi connectivity index (χ1) is 7.50. The lowest BCUT2D eigenvalue weighted by atomic mass is 9.95. The predicted octanol–water partition coefficient (Wildman–Crippen LogP) is 2.74. The van der Waals surface area contributed by atoms with Crippen LogP contribution in [0.1, 0.15) is 17.4 Å². The number of benzene rings is 1. The summed E-state index contributed by atoms with van der Waals surface area (Å²) in [6.07, 6.45) is 1.61. The summed E-state index contributed by atoms with van der Waals surface area (Å²) in [5.74, 6) is 0. The molecule has 5 heteroatoms. The maximum Gasteiger partial charge on any atom is 0.180 e. The monoisotopic (exact) mass is 298 g/mol. The van der Waals surface area contributed by atoms with Gasteiger partial charge in [0, 0.05) is 10.7 Å². The smallest absolute Gasteiger partial charge is 0.180 e. The third-order valence-electron chi connectivity index (χ3n) is 2.41. The molecule has 3 nitrogen and oxygen atoms in total. The van der Waals surface area contributed by atoms with Crippen LogP contribution in [-0.2, 0) is 5.60 Å². The molecule has 2 aromatic rings. The van der Waals surface area contributed by atoms with E-state index < -0.39 is 5.60 Å². The number of nitrogens with zero attached hydrogens (tertiary/aromatic N) is 1. The van der Waals surface area contributed by atoms with Crippen LogP contribution in [-0.4, -0.2) is 10.1 Å². The van der Waals surface area contributed by atoms with E-state index in [0.29, 0.717) is 5.13 Å². The van der Waals surface area contributed by atoms with Gasteiger partial charge in [0.25, 0.3) is 0 Å². The van der Waals surface area contributed by atoms with Crippen molar-refractivity contribution in [3.63, 3.8) is 0 Å². The van der Waals surface area contributed by atoms with Crippen LogP contribution in [0, 0.1) is 0 Å². The van der Waals surface area contributed by atoms with Crippen LogP contribution in [0.15, 0.2) is 34.9 Å². The highest BCUT2D eigenvalue weighted by atomic mass is 79.9. The number of nitrogen functional groups attached to an aromatic ring is 1. The Hall–Kier alpha value is -0.910. The van der Waals surface area contributed by atoms with E-state index in [1.54, 1.807) is 13.1 Å². The molecule has 0 saturated heterocycles. The lowest BCUT2D eigenvalue weighted by Gasteiger charge is -2.21. The predicted molar refractivity (Wildman–Crippen MR) is 69.3 cm³/mol. The highest BCUT2D eigenvalue weighted by molar-refractivity contribution is 9.10. The summed E-state index contributed by atoms with van der Waals surface area (Å²) in [7, 11) is 0. The number of halogens is 1. The minimum atomic E-state index is -1.05. The van der Waals surface area contributed by atoms with Crippen LogP contribution in [0.3, 0.4) is 0 Å². The molecule has 1 atom stereocenters. The zero-order chi connectivity index (χ0) is 11.8. The molecule has 3 N–H and O–H groups in total. The van der Waals surface area contributed by atoms with Crippen LogP contribution in [0.4, 0.5) is 5.13 Å². The van der Waals surface area contributed by atoms with E-state index in [4.69, 9.17) is 5.73 Å². The van der Waals surface area contributed by atoms with Gasteiger partial charge < -0.3 is 10.8 Å². The average molecular weight is 299 g/mol. The van der Waals surface area contributed by atoms with Crippen molar-refractivity contribution in [2.45, 2.75) is 12.5 Å². The van der Waals surface area contributed by atoms with Gasteiger partial charge in [-0.2, -0.15) is 0 Å². The summed E-state index contributed by atoms with van der Waals surface area (Å²) in [6.45, 7) is 1.74. The largest absolute Gasteiger partial charge is 0.380 e. The van der Waals surface area contributed by atoms with E-state index in [-0.39, 0.29) is 0 Å². The summed E-state index contributed by atoms with van der Waals surface area (Å²) in [4.78, 5) is 4.70. The summed E-state index contributed by atoms with van der Waals surface area (Å²) in [5, 5.41) is 10.9. The number of thiazole rings is 1. The van der Waals surface area contributed by atoms with Gasteiger partial charge in [0.2, 0.25) is 0 Å². The fourth-order valence-electron chi connectivity index (χ4n) is 1.43. The molecule has 1 aromatic carbocycles. The second-order valence-electron chi connectivity index (χ2n) is 3.64. The van der Waals surface area contributed by atoms with Gasteiger partial charge in [-0.05, 0) is 24.6 Å². The van der Waals surface area contributed by atoms with Crippen molar-refractivity contribution in [3.8, 4) is 0 Å². The van der Waals surface area contributed by atoms with E-state index in [0.717, 1.165) is 14.9 Å². The van der Waals surface area contributed by atoms with Crippen molar-refractivity contribution in [3.05, 3.63) is 45.4 Å². The number of aliphatic hydroxyl groups is 1. The Morgan fingerprint density at radius 3 is 2.50 bits per heavy atom. The molecule has 0 spiro atoms. The van der Waals surface area contributed by atoms with Gasteiger partial charge in [0.05, 0.1) is 4.88 Å². The minimum absolute atomic E-state index is 0.465. The van der Waals surface area contributed by atoms with E-state index in [2.05, 4.69) is 20.9 Å². The highest BCUT2D eigenvalue weighted by Crippen LogP contribution is 2.33. The van der Waals surface area contributed by atoms with E-state index >= 15 is 0 Å². The van der Waals surface area contributed by atoms with Crippen LogP contribution in [0.5, 0.6) is 0 Å². The highest BCUT2D eigenvalue weighted by Gasteiger charge is 2.27. The Morgan fingerprint density at radius 2 is 2.00 bits per heavy atom. The molecule has 16 heavy (non-hydrogen) atoms. The van der Waals surface area contributed by atoms with E-state index in [1.165, 1.54) is 11.3 Å². The summed E-state index contributed by atoms with van der Waals surface area (Å²) >= 11 is 4.66. The quantitative estimate of drug-likeness (QED) is 0.896. The Morgan fingerprint density at radius 1 is 1.38 bits per heavy atom. The lowest BCUT2D eigenvalue weighted by Crippen LogP contribution is -2.21. The van der Waals surface area contributed by atoms with Crippen LogP contribution < -0.4 is 5.73 Å². The van der Waals surface area contributed by atoms with Gasteiger partial charge in [-0.1, -0.05) is 39.4 Å².